The highest BCUT2D eigenvalue weighted by atomic mass is 16.5. The van der Waals surface area contributed by atoms with E-state index in [1.165, 1.54) is 0 Å². The molecule has 7 nitrogen and oxygen atoms in total. The lowest BCUT2D eigenvalue weighted by Gasteiger charge is -1.99. The topological polar surface area (TPSA) is 92.1 Å². The first-order valence-electron chi connectivity index (χ1n) is 7.29. The van der Waals surface area contributed by atoms with E-state index in [1.807, 2.05) is 12.1 Å². The molecule has 3 aromatic rings. The van der Waals surface area contributed by atoms with Crippen LogP contribution in [0.2, 0.25) is 0 Å². The van der Waals surface area contributed by atoms with Crippen molar-refractivity contribution in [2.45, 2.75) is 6.92 Å². The number of hydrogen-bond acceptors (Lipinski definition) is 6. The fourth-order valence-corrected chi connectivity index (χ4v) is 2.16. The van der Waals surface area contributed by atoms with E-state index >= 15 is 0 Å². The van der Waals surface area contributed by atoms with Crippen LogP contribution >= 0.6 is 0 Å². The number of pyridine rings is 1. The Labute approximate surface area is 137 Å². The van der Waals surface area contributed by atoms with Crippen LogP contribution in [0.5, 0.6) is 0 Å². The van der Waals surface area contributed by atoms with Gasteiger partial charge in [0.05, 0.1) is 23.9 Å². The van der Waals surface area contributed by atoms with Gasteiger partial charge in [0.25, 0.3) is 0 Å². The zero-order valence-corrected chi connectivity index (χ0v) is 12.9. The molecule has 0 aliphatic heterocycles. The number of hydrogen-bond donors (Lipinski definition) is 0. The Morgan fingerprint density at radius 2 is 2.17 bits per heavy atom. The largest absolute Gasteiger partial charge is 0.461 e. The Morgan fingerprint density at radius 3 is 2.96 bits per heavy atom. The fraction of sp³-hybridized carbons (Fsp3) is 0.118. The molecule has 2 aromatic heterocycles. The molecule has 0 spiro atoms. The van der Waals surface area contributed by atoms with E-state index in [0.29, 0.717) is 16.9 Å². The van der Waals surface area contributed by atoms with Crippen LogP contribution < -0.4 is 0 Å². The summed E-state index contributed by atoms with van der Waals surface area (Å²) in [6.45, 7) is 1.97. The van der Waals surface area contributed by atoms with Crippen molar-refractivity contribution < 1.29 is 9.53 Å². The van der Waals surface area contributed by atoms with Gasteiger partial charge >= 0.3 is 5.97 Å². The molecule has 0 amide bonds. The Morgan fingerprint density at radius 1 is 1.29 bits per heavy atom. The second-order valence-corrected chi connectivity index (χ2v) is 4.80. The van der Waals surface area contributed by atoms with Crippen molar-refractivity contribution in [1.82, 2.24) is 9.38 Å². The first kappa shape index (κ1) is 15.4. The summed E-state index contributed by atoms with van der Waals surface area (Å²) in [7, 11) is 0. The minimum Gasteiger partial charge on any atom is -0.461 e. The van der Waals surface area contributed by atoms with E-state index in [9.17, 15) is 4.79 Å². The van der Waals surface area contributed by atoms with Crippen molar-refractivity contribution in [3.63, 3.8) is 0 Å². The maximum Gasteiger partial charge on any atom is 0.360 e. The Hall–Kier alpha value is -3.53. The van der Waals surface area contributed by atoms with Crippen molar-refractivity contribution in [2.24, 2.45) is 10.2 Å². The van der Waals surface area contributed by atoms with E-state index in [0.717, 1.165) is 0 Å². The van der Waals surface area contributed by atoms with Gasteiger partial charge in [-0.3, -0.25) is 4.40 Å². The molecule has 1 aromatic carbocycles. The first-order chi connectivity index (χ1) is 11.7. The van der Waals surface area contributed by atoms with Crippen LogP contribution in [0.25, 0.3) is 5.65 Å². The quantitative estimate of drug-likeness (QED) is 0.540. The van der Waals surface area contributed by atoms with E-state index in [-0.39, 0.29) is 18.1 Å². The first-order valence-corrected chi connectivity index (χ1v) is 7.29. The molecule has 0 saturated heterocycles. The maximum absolute atomic E-state index is 12.1. The second-order valence-electron chi connectivity index (χ2n) is 4.80. The molecule has 0 fully saturated rings. The molecule has 24 heavy (non-hydrogen) atoms. The third kappa shape index (κ3) is 2.98. The summed E-state index contributed by atoms with van der Waals surface area (Å²) in [5, 5.41) is 17.2. The van der Waals surface area contributed by atoms with Crippen LogP contribution in [-0.2, 0) is 4.74 Å². The van der Waals surface area contributed by atoms with Gasteiger partial charge < -0.3 is 4.74 Å². The molecule has 0 aliphatic rings. The van der Waals surface area contributed by atoms with Crippen molar-refractivity contribution in [3.05, 3.63) is 59.9 Å². The Balaban J connectivity index is 2.06. The molecule has 0 N–H and O–H groups in total. The minimum absolute atomic E-state index is 0.100. The number of nitrogens with zero attached hydrogens (tertiary/aromatic N) is 5. The molecule has 0 saturated carbocycles. The van der Waals surface area contributed by atoms with Gasteiger partial charge in [-0.25, -0.2) is 9.78 Å². The van der Waals surface area contributed by atoms with E-state index in [2.05, 4.69) is 15.2 Å². The zero-order valence-electron chi connectivity index (χ0n) is 12.9. The number of aromatic nitrogens is 2. The average Bonchev–Trinajstić information content (AvgIpc) is 2.99. The number of fused-ring (bicyclic) bond motifs is 1. The zero-order chi connectivity index (χ0) is 16.9. The molecule has 118 valence electrons. The monoisotopic (exact) mass is 319 g/mol. The summed E-state index contributed by atoms with van der Waals surface area (Å²) < 4.78 is 6.68. The summed E-state index contributed by atoms with van der Waals surface area (Å²) in [5.74, 6) is -0.271. The molecule has 0 atom stereocenters. The highest BCUT2D eigenvalue weighted by molar-refractivity contribution is 5.93. The number of ether oxygens (including phenoxy) is 1. The standard InChI is InChI=1S/C17H13N5O2/c1-2-24-17(23)15-16(22-9-4-3-8-14(22)19-15)21-20-13-7-5-6-12(10-13)11-18/h3-10H,2H2,1H3. The predicted octanol–water partition coefficient (Wildman–Crippen LogP) is 3.80. The van der Waals surface area contributed by atoms with Crippen molar-refractivity contribution in [1.29, 1.82) is 5.26 Å². The number of azo groups is 1. The molecule has 0 bridgehead atoms. The van der Waals surface area contributed by atoms with Gasteiger partial charge in [0.1, 0.15) is 5.65 Å². The molecule has 0 aliphatic carbocycles. The van der Waals surface area contributed by atoms with Gasteiger partial charge in [-0.1, -0.05) is 12.1 Å². The third-order valence-electron chi connectivity index (χ3n) is 3.21. The fourth-order valence-electron chi connectivity index (χ4n) is 2.16. The van der Waals surface area contributed by atoms with Gasteiger partial charge in [0, 0.05) is 6.20 Å². The van der Waals surface area contributed by atoms with Crippen LogP contribution in [0.4, 0.5) is 11.5 Å². The number of carbonyl (C=O) groups excluding carboxylic acids is 1. The summed E-state index contributed by atoms with van der Waals surface area (Å²) in [6.07, 6.45) is 1.74. The summed E-state index contributed by atoms with van der Waals surface area (Å²) in [4.78, 5) is 16.4. The van der Waals surface area contributed by atoms with Gasteiger partial charge in [-0.15, -0.1) is 10.2 Å². The van der Waals surface area contributed by atoms with Crippen molar-refractivity contribution in [2.75, 3.05) is 6.61 Å². The third-order valence-corrected chi connectivity index (χ3v) is 3.21. The van der Waals surface area contributed by atoms with Gasteiger partial charge in [0.2, 0.25) is 0 Å². The van der Waals surface area contributed by atoms with Crippen LogP contribution in [0.1, 0.15) is 23.0 Å². The SMILES string of the molecule is CCOC(=O)c1nc2ccccn2c1N=Nc1cccc(C#N)c1. The molecule has 0 unspecified atom stereocenters. The van der Waals surface area contributed by atoms with Crippen molar-refractivity contribution in [3.8, 4) is 6.07 Å². The molecule has 3 rings (SSSR count). The number of nitriles is 1. The summed E-state index contributed by atoms with van der Waals surface area (Å²) >= 11 is 0. The molecule has 0 radical (unpaired) electrons. The smallest absolute Gasteiger partial charge is 0.360 e. The molecular weight excluding hydrogens is 306 g/mol. The number of imidazole rings is 1. The van der Waals surface area contributed by atoms with E-state index in [1.54, 1.807) is 53.9 Å². The number of carbonyl (C=O) groups is 1. The number of benzene rings is 1. The molecule has 2 heterocycles. The second kappa shape index (κ2) is 6.71. The lowest BCUT2D eigenvalue weighted by Crippen LogP contribution is -2.05. The Kier molecular flexibility index (Phi) is 4.29. The van der Waals surface area contributed by atoms with Crippen LogP contribution in [0.15, 0.2) is 58.9 Å². The summed E-state index contributed by atoms with van der Waals surface area (Å²) in [5.41, 5.74) is 1.66. The predicted molar refractivity (Wildman–Crippen MR) is 86.5 cm³/mol. The van der Waals surface area contributed by atoms with Gasteiger partial charge in [-0.05, 0) is 37.3 Å². The van der Waals surface area contributed by atoms with Crippen molar-refractivity contribution >= 4 is 23.1 Å². The lowest BCUT2D eigenvalue weighted by molar-refractivity contribution is 0.0521. The minimum atomic E-state index is -0.555. The normalized spacial score (nSPS) is 10.8. The van der Waals surface area contributed by atoms with E-state index < -0.39 is 5.97 Å². The number of esters is 1. The van der Waals surface area contributed by atoms with E-state index in [4.69, 9.17) is 10.00 Å². The highest BCUT2D eigenvalue weighted by Gasteiger charge is 2.20. The maximum atomic E-state index is 12.1. The lowest BCUT2D eigenvalue weighted by atomic mass is 10.2. The van der Waals surface area contributed by atoms with Crippen LogP contribution in [0, 0.1) is 11.3 Å². The van der Waals surface area contributed by atoms with Crippen LogP contribution in [-0.4, -0.2) is 22.0 Å². The Bertz CT molecular complexity index is 969. The summed E-state index contributed by atoms with van der Waals surface area (Å²) in [6, 6.07) is 14.1. The number of rotatable bonds is 4. The van der Waals surface area contributed by atoms with Gasteiger partial charge in [-0.2, -0.15) is 5.26 Å². The van der Waals surface area contributed by atoms with Gasteiger partial charge in [0.15, 0.2) is 11.5 Å². The highest BCUT2D eigenvalue weighted by Crippen LogP contribution is 2.25. The molecular formula is C17H13N5O2. The average molecular weight is 319 g/mol. The molecule has 7 heteroatoms. The van der Waals surface area contributed by atoms with Crippen LogP contribution in [0.3, 0.4) is 0 Å².